The molecule has 5 aromatic rings. The Bertz CT molecular complexity index is 1620. The number of anilines is 5. The van der Waals surface area contributed by atoms with Gasteiger partial charge >= 0.3 is 0 Å². The Morgan fingerprint density at radius 2 is 0.841 bits per heavy atom. The molecule has 0 aliphatic rings. The van der Waals surface area contributed by atoms with E-state index in [4.69, 9.17) is 0 Å². The second kappa shape index (κ2) is 12.0. The molecule has 0 bridgehead atoms. The lowest BCUT2D eigenvalue weighted by atomic mass is 9.86. The fourth-order valence-corrected chi connectivity index (χ4v) is 5.52. The van der Waals surface area contributed by atoms with Crippen molar-refractivity contribution in [2.75, 3.05) is 10.2 Å². The third-order valence-electron chi connectivity index (χ3n) is 8.35. The molecule has 0 spiro atoms. The number of hydrogen-bond donors (Lipinski definition) is 1. The smallest absolute Gasteiger partial charge is 0.0560 e. The molecule has 0 unspecified atom stereocenters. The van der Waals surface area contributed by atoms with Crippen LogP contribution in [0.3, 0.4) is 0 Å². The Kier molecular flexibility index (Phi) is 8.49. The van der Waals surface area contributed by atoms with Crippen LogP contribution in [-0.2, 0) is 16.2 Å². The molecule has 0 aliphatic carbocycles. The molecule has 226 valence electrons. The molecule has 2 nitrogen and oxygen atoms in total. The summed E-state index contributed by atoms with van der Waals surface area (Å²) in [5.41, 5.74) is 12.1. The Labute approximate surface area is 265 Å². The van der Waals surface area contributed by atoms with Crippen LogP contribution in [-0.4, -0.2) is 0 Å². The molecule has 44 heavy (non-hydrogen) atoms. The van der Waals surface area contributed by atoms with E-state index in [-0.39, 0.29) is 16.2 Å². The van der Waals surface area contributed by atoms with E-state index in [1.54, 1.807) is 0 Å². The lowest BCUT2D eigenvalue weighted by Crippen LogP contribution is -2.15. The summed E-state index contributed by atoms with van der Waals surface area (Å²) in [7, 11) is 0. The van der Waals surface area contributed by atoms with Crippen LogP contribution in [0.4, 0.5) is 28.4 Å². The number of nitrogens with zero attached hydrogens (tertiary/aromatic N) is 1. The molecule has 0 fully saturated rings. The highest BCUT2D eigenvalue weighted by atomic mass is 15.1. The van der Waals surface area contributed by atoms with Crippen LogP contribution in [0.25, 0.3) is 11.1 Å². The average Bonchev–Trinajstić information content (AvgIpc) is 2.97. The molecule has 0 radical (unpaired) electrons. The zero-order chi connectivity index (χ0) is 31.7. The van der Waals surface area contributed by atoms with Gasteiger partial charge in [0, 0.05) is 28.3 Å². The van der Waals surface area contributed by atoms with E-state index in [1.165, 1.54) is 27.8 Å². The topological polar surface area (TPSA) is 15.3 Å². The summed E-state index contributed by atoms with van der Waals surface area (Å²) in [6.07, 6.45) is 0. The van der Waals surface area contributed by atoms with E-state index in [0.717, 1.165) is 28.4 Å². The van der Waals surface area contributed by atoms with Crippen molar-refractivity contribution < 1.29 is 0 Å². The Morgan fingerprint density at radius 3 is 1.27 bits per heavy atom. The second-order valence-electron chi connectivity index (χ2n) is 15.0. The predicted octanol–water partition coefficient (Wildman–Crippen LogP) is 12.5. The van der Waals surface area contributed by atoms with Crippen LogP contribution in [0.15, 0.2) is 121 Å². The Morgan fingerprint density at radius 1 is 0.432 bits per heavy atom. The molecule has 5 rings (SSSR count). The van der Waals surface area contributed by atoms with Crippen molar-refractivity contribution in [1.82, 2.24) is 0 Å². The van der Waals surface area contributed by atoms with Gasteiger partial charge in [0.2, 0.25) is 0 Å². The number of benzene rings is 5. The van der Waals surface area contributed by atoms with Crippen molar-refractivity contribution in [2.45, 2.75) is 78.6 Å². The van der Waals surface area contributed by atoms with Gasteiger partial charge in [-0.05, 0) is 87.0 Å². The molecule has 0 saturated heterocycles. The van der Waals surface area contributed by atoms with Crippen molar-refractivity contribution in [3.05, 3.63) is 138 Å². The van der Waals surface area contributed by atoms with Crippen LogP contribution in [0, 0.1) is 0 Å². The minimum atomic E-state index is 0.0826. The summed E-state index contributed by atoms with van der Waals surface area (Å²) in [6.45, 7) is 20.3. The average molecular weight is 581 g/mol. The third-order valence-corrected chi connectivity index (χ3v) is 8.35. The Balaban J connectivity index is 1.66. The highest BCUT2D eigenvalue weighted by molar-refractivity contribution is 5.90. The summed E-state index contributed by atoms with van der Waals surface area (Å²) < 4.78 is 0. The van der Waals surface area contributed by atoms with Crippen molar-refractivity contribution in [3.63, 3.8) is 0 Å². The maximum absolute atomic E-state index is 3.69. The van der Waals surface area contributed by atoms with Crippen molar-refractivity contribution >= 4 is 28.4 Å². The van der Waals surface area contributed by atoms with Gasteiger partial charge < -0.3 is 10.2 Å². The van der Waals surface area contributed by atoms with Gasteiger partial charge in [-0.2, -0.15) is 0 Å². The molecule has 1 N–H and O–H groups in total. The molecular formula is C42H48N2. The molecular weight excluding hydrogens is 532 g/mol. The summed E-state index contributed by atoms with van der Waals surface area (Å²) in [4.78, 5) is 2.40. The van der Waals surface area contributed by atoms with Crippen LogP contribution < -0.4 is 10.2 Å². The number of rotatable bonds is 6. The Hall–Kier alpha value is -4.30. The maximum Gasteiger partial charge on any atom is 0.0560 e. The van der Waals surface area contributed by atoms with E-state index in [2.05, 4.69) is 194 Å². The first kappa shape index (κ1) is 31.1. The molecule has 0 amide bonds. The highest BCUT2D eigenvalue weighted by Gasteiger charge is 2.21. The fourth-order valence-electron chi connectivity index (χ4n) is 5.52. The monoisotopic (exact) mass is 580 g/mol. The largest absolute Gasteiger partial charge is 0.355 e. The van der Waals surface area contributed by atoms with Gasteiger partial charge in [0.05, 0.1) is 5.69 Å². The van der Waals surface area contributed by atoms with Crippen molar-refractivity contribution in [1.29, 1.82) is 0 Å². The van der Waals surface area contributed by atoms with Crippen LogP contribution in [0.2, 0.25) is 0 Å². The van der Waals surface area contributed by atoms with Crippen LogP contribution >= 0.6 is 0 Å². The van der Waals surface area contributed by atoms with E-state index in [1.807, 2.05) is 0 Å². The predicted molar refractivity (Wildman–Crippen MR) is 192 cm³/mol. The van der Waals surface area contributed by atoms with Gasteiger partial charge in [0.1, 0.15) is 0 Å². The first-order valence-corrected chi connectivity index (χ1v) is 15.8. The van der Waals surface area contributed by atoms with E-state index in [0.29, 0.717) is 0 Å². The molecule has 0 saturated carbocycles. The van der Waals surface area contributed by atoms with Gasteiger partial charge in [0.15, 0.2) is 0 Å². The first-order chi connectivity index (χ1) is 20.7. The summed E-state index contributed by atoms with van der Waals surface area (Å²) >= 11 is 0. The third kappa shape index (κ3) is 7.08. The van der Waals surface area contributed by atoms with Gasteiger partial charge in [0.25, 0.3) is 0 Å². The van der Waals surface area contributed by atoms with Gasteiger partial charge in [-0.25, -0.2) is 0 Å². The lowest BCUT2D eigenvalue weighted by Gasteiger charge is -2.30. The zero-order valence-corrected chi connectivity index (χ0v) is 28.0. The van der Waals surface area contributed by atoms with Crippen LogP contribution in [0.5, 0.6) is 0 Å². The van der Waals surface area contributed by atoms with Gasteiger partial charge in [-0.15, -0.1) is 0 Å². The normalized spacial score (nSPS) is 12.2. The highest BCUT2D eigenvalue weighted by Crippen LogP contribution is 2.43. The minimum absolute atomic E-state index is 0.0826. The molecule has 0 aliphatic heterocycles. The fraction of sp³-hybridized carbons (Fsp3) is 0.286. The van der Waals surface area contributed by atoms with E-state index < -0.39 is 0 Å². The van der Waals surface area contributed by atoms with E-state index in [9.17, 15) is 0 Å². The van der Waals surface area contributed by atoms with Crippen molar-refractivity contribution in [3.8, 4) is 11.1 Å². The zero-order valence-electron chi connectivity index (χ0n) is 28.0. The van der Waals surface area contributed by atoms with Gasteiger partial charge in [-0.3, -0.25) is 0 Å². The molecule has 0 atom stereocenters. The summed E-state index contributed by atoms with van der Waals surface area (Å²) in [5.74, 6) is 0. The summed E-state index contributed by atoms with van der Waals surface area (Å²) in [6, 6.07) is 44.4. The van der Waals surface area contributed by atoms with Gasteiger partial charge in [-0.1, -0.05) is 135 Å². The molecule has 5 aromatic carbocycles. The molecule has 0 aromatic heterocycles. The maximum atomic E-state index is 3.69. The minimum Gasteiger partial charge on any atom is -0.355 e. The standard InChI is InChI=1S/C42H48N2/c1-40(2,3)31-15-21-34(22-16-31)43-35-23-28-38(30-13-11-10-12-14-30)39(29-35)44(36-24-17-32(18-25-36)41(4,5)6)37-26-19-33(20-27-37)42(7,8)9/h10-29,43H,1-9H3. The quantitative estimate of drug-likeness (QED) is 0.215. The SMILES string of the molecule is CC(C)(C)c1ccc(Nc2ccc(-c3ccccc3)c(N(c3ccc(C(C)(C)C)cc3)c3ccc(C(C)(C)C)cc3)c2)cc1. The number of nitrogens with one attached hydrogen (secondary N) is 1. The first-order valence-electron chi connectivity index (χ1n) is 15.8. The molecule has 2 heteroatoms. The summed E-state index contributed by atoms with van der Waals surface area (Å²) in [5, 5.41) is 3.69. The number of hydrogen-bond acceptors (Lipinski definition) is 2. The van der Waals surface area contributed by atoms with Crippen molar-refractivity contribution in [2.24, 2.45) is 0 Å². The molecule has 0 heterocycles. The second-order valence-corrected chi connectivity index (χ2v) is 15.0. The van der Waals surface area contributed by atoms with E-state index >= 15 is 0 Å². The van der Waals surface area contributed by atoms with Crippen LogP contribution in [0.1, 0.15) is 79.0 Å². The lowest BCUT2D eigenvalue weighted by molar-refractivity contribution is 0.590.